The molecule has 3 rings (SSSR count). The van der Waals surface area contributed by atoms with Crippen molar-refractivity contribution in [1.29, 1.82) is 5.41 Å². The highest BCUT2D eigenvalue weighted by atomic mass is 32.2. The third-order valence-electron chi connectivity index (χ3n) is 4.97. The molecular weight excluding hydrogens is 520 g/mol. The van der Waals surface area contributed by atoms with Crippen molar-refractivity contribution in [3.8, 4) is 0 Å². The molecule has 2 aromatic heterocycles. The van der Waals surface area contributed by atoms with Gasteiger partial charge < -0.3 is 30.8 Å². The van der Waals surface area contributed by atoms with Gasteiger partial charge in [-0.1, -0.05) is 57.1 Å². The van der Waals surface area contributed by atoms with Crippen molar-refractivity contribution in [2.45, 2.75) is 74.7 Å². The van der Waals surface area contributed by atoms with Crippen molar-refractivity contribution in [3.63, 3.8) is 0 Å². The summed E-state index contributed by atoms with van der Waals surface area (Å²) < 4.78 is 6.90. The molecule has 0 saturated heterocycles. The number of nitrogens with one attached hydrogen (secondary N) is 2. The van der Waals surface area contributed by atoms with E-state index in [1.54, 1.807) is 41.3 Å². The number of hydrogen-bond acceptors (Lipinski definition) is 10. The van der Waals surface area contributed by atoms with Crippen LogP contribution in [0.1, 0.15) is 76.5 Å². The van der Waals surface area contributed by atoms with E-state index in [0.717, 1.165) is 65.0 Å². The Morgan fingerprint density at radius 1 is 1.08 bits per heavy atom. The second-order valence-corrected chi connectivity index (χ2v) is 11.5. The number of para-hydroxylation sites is 1. The van der Waals surface area contributed by atoms with E-state index in [0.29, 0.717) is 24.1 Å². The molecule has 2 heterocycles. The fourth-order valence-electron chi connectivity index (χ4n) is 2.85. The van der Waals surface area contributed by atoms with Gasteiger partial charge in [-0.2, -0.15) is 0 Å². The molecule has 0 fully saturated rings. The number of thioether (sulfide) groups is 1. The minimum absolute atomic E-state index is 0.0121. The van der Waals surface area contributed by atoms with Gasteiger partial charge in [0.1, 0.15) is 24.2 Å². The topological polar surface area (TPSA) is 161 Å². The van der Waals surface area contributed by atoms with Crippen molar-refractivity contribution >= 4 is 52.3 Å². The Morgan fingerprint density at radius 3 is 2.16 bits per heavy atom. The lowest BCUT2D eigenvalue weighted by Gasteiger charge is -2.12. The lowest BCUT2D eigenvalue weighted by atomic mass is 9.94. The Balaban J connectivity index is 0.000000309. The highest BCUT2D eigenvalue weighted by Gasteiger charge is 2.19. The van der Waals surface area contributed by atoms with Gasteiger partial charge in [0.25, 0.3) is 0 Å². The summed E-state index contributed by atoms with van der Waals surface area (Å²) in [6.45, 7) is 6.35. The summed E-state index contributed by atoms with van der Waals surface area (Å²) in [4.78, 5) is 28.2. The minimum atomic E-state index is 0.0121. The zero-order chi connectivity index (χ0) is 28.4. The zero-order valence-electron chi connectivity index (χ0n) is 22.7. The number of thiazole rings is 1. The number of hydrogen-bond donors (Lipinski definition) is 4. The maximum atomic E-state index is 9.84. The maximum absolute atomic E-state index is 9.84. The van der Waals surface area contributed by atoms with Crippen LogP contribution in [0.2, 0.25) is 0 Å². The molecule has 0 amide bonds. The van der Waals surface area contributed by atoms with E-state index in [2.05, 4.69) is 36.1 Å². The summed E-state index contributed by atoms with van der Waals surface area (Å²) >= 11 is 3.33. The molecule has 0 radical (unpaired) electrons. The van der Waals surface area contributed by atoms with E-state index in [9.17, 15) is 9.59 Å². The van der Waals surface area contributed by atoms with E-state index in [4.69, 9.17) is 21.3 Å². The largest absolute Gasteiger partial charge is 0.444 e. The third-order valence-corrected chi connectivity index (χ3v) is 7.17. The van der Waals surface area contributed by atoms with Gasteiger partial charge in [0.2, 0.25) is 5.89 Å². The van der Waals surface area contributed by atoms with Gasteiger partial charge in [-0.05, 0) is 25.0 Å². The Kier molecular flexibility index (Phi) is 15.7. The first-order valence-corrected chi connectivity index (χ1v) is 14.2. The number of benzene rings is 1. The molecule has 38 heavy (non-hydrogen) atoms. The Labute approximate surface area is 233 Å². The molecule has 0 spiro atoms. The number of nitrogens with two attached hydrogens (primary N) is 2. The normalized spacial score (nSPS) is 10.4. The Hall–Kier alpha value is -3.18. The molecular formula is C27H40N6O3S2. The van der Waals surface area contributed by atoms with Crippen LogP contribution in [-0.2, 0) is 20.8 Å². The summed E-state index contributed by atoms with van der Waals surface area (Å²) in [5.41, 5.74) is 11.9. The second-order valence-electron chi connectivity index (χ2n) is 9.22. The second kappa shape index (κ2) is 18.1. The van der Waals surface area contributed by atoms with Gasteiger partial charge in [0.15, 0.2) is 5.13 Å². The molecule has 0 saturated carbocycles. The summed E-state index contributed by atoms with van der Waals surface area (Å²) in [6.07, 6.45) is 11.0. The average Bonchev–Trinajstić information content (AvgIpc) is 3.55. The van der Waals surface area contributed by atoms with Gasteiger partial charge in [-0.25, -0.2) is 9.97 Å². The molecule has 0 aliphatic rings. The number of unbranched alkanes of at least 4 members (excludes halogenated alkanes) is 5. The first-order valence-electron chi connectivity index (χ1n) is 12.4. The van der Waals surface area contributed by atoms with Crippen molar-refractivity contribution in [2.24, 2.45) is 5.73 Å². The van der Waals surface area contributed by atoms with Crippen LogP contribution >= 0.6 is 23.1 Å². The SMILES string of the molecule is CNc1ncc(SCc2ncc(C(C)(C)C)o2)s1.N=C(N)c1ccccc1N.O=CCCCCCCC=O. The fourth-order valence-corrected chi connectivity index (χ4v) is 4.53. The van der Waals surface area contributed by atoms with E-state index >= 15 is 0 Å². The number of rotatable bonds is 12. The standard InChI is InChI=1S/C12H17N3OS2.C8H14O2.C7H9N3/c1-12(2,3)8-5-14-9(16-8)7-17-10-6-15-11(13-4)18-10;9-7-5-3-1-2-4-6-8-10;8-6-4-2-1-3-5(6)7(9)10/h5-6H,7H2,1-4H3,(H,13,15);7-8H,1-6H2;1-4H,8H2,(H3,9,10). The number of nitrogens with zero attached hydrogens (tertiary/aromatic N) is 2. The van der Waals surface area contributed by atoms with Crippen LogP contribution in [0.3, 0.4) is 0 Å². The Morgan fingerprint density at radius 2 is 1.71 bits per heavy atom. The van der Waals surface area contributed by atoms with Crippen LogP contribution < -0.4 is 16.8 Å². The molecule has 11 heteroatoms. The zero-order valence-corrected chi connectivity index (χ0v) is 24.3. The van der Waals surface area contributed by atoms with Crippen molar-refractivity contribution in [1.82, 2.24) is 9.97 Å². The van der Waals surface area contributed by atoms with Gasteiger partial charge in [0, 0.05) is 36.6 Å². The summed E-state index contributed by atoms with van der Waals surface area (Å²) in [7, 11) is 1.87. The Bertz CT molecular complexity index is 1100. The van der Waals surface area contributed by atoms with Crippen LogP contribution in [-0.4, -0.2) is 35.4 Å². The predicted octanol–water partition coefficient (Wildman–Crippen LogP) is 6.04. The van der Waals surface area contributed by atoms with Gasteiger partial charge in [-0.15, -0.1) is 11.8 Å². The molecule has 9 nitrogen and oxygen atoms in total. The first-order chi connectivity index (χ1) is 18.1. The van der Waals surface area contributed by atoms with E-state index < -0.39 is 0 Å². The summed E-state index contributed by atoms with van der Waals surface area (Å²) in [5.74, 6) is 2.45. The minimum Gasteiger partial charge on any atom is -0.444 e. The number of amidine groups is 1. The molecule has 0 atom stereocenters. The van der Waals surface area contributed by atoms with Crippen molar-refractivity contribution < 1.29 is 14.0 Å². The smallest absolute Gasteiger partial charge is 0.204 e. The van der Waals surface area contributed by atoms with Crippen molar-refractivity contribution in [2.75, 3.05) is 18.1 Å². The monoisotopic (exact) mass is 560 g/mol. The molecule has 0 unspecified atom stereocenters. The number of aldehydes is 2. The van der Waals surface area contributed by atoms with Gasteiger partial charge in [-0.3, -0.25) is 5.41 Å². The third kappa shape index (κ3) is 13.4. The molecule has 3 aromatic rings. The lowest BCUT2D eigenvalue weighted by molar-refractivity contribution is -0.108. The average molecular weight is 561 g/mol. The molecule has 208 valence electrons. The maximum Gasteiger partial charge on any atom is 0.204 e. The number of aromatic nitrogens is 2. The molecule has 0 aliphatic carbocycles. The summed E-state index contributed by atoms with van der Waals surface area (Å²) in [5, 5.41) is 11.0. The lowest BCUT2D eigenvalue weighted by Crippen LogP contribution is -2.12. The molecule has 6 N–H and O–H groups in total. The molecule has 0 aliphatic heterocycles. The van der Waals surface area contributed by atoms with Crippen LogP contribution in [0.25, 0.3) is 0 Å². The van der Waals surface area contributed by atoms with Crippen LogP contribution in [0.5, 0.6) is 0 Å². The number of nitrogen functional groups attached to an aromatic ring is 2. The van der Waals surface area contributed by atoms with E-state index in [1.807, 2.05) is 25.5 Å². The van der Waals surface area contributed by atoms with Crippen LogP contribution in [0, 0.1) is 5.41 Å². The summed E-state index contributed by atoms with van der Waals surface area (Å²) in [6, 6.07) is 7.04. The number of oxazole rings is 1. The van der Waals surface area contributed by atoms with Crippen LogP contribution in [0.4, 0.5) is 10.8 Å². The number of carbonyl (C=O) groups excluding carboxylic acids is 2. The van der Waals surface area contributed by atoms with Gasteiger partial charge >= 0.3 is 0 Å². The molecule has 0 bridgehead atoms. The van der Waals surface area contributed by atoms with Gasteiger partial charge in [0.05, 0.1) is 22.4 Å². The fraction of sp³-hybridized carbons (Fsp3) is 0.444. The van der Waals surface area contributed by atoms with E-state index in [-0.39, 0.29) is 11.3 Å². The number of carbonyl (C=O) groups is 2. The number of anilines is 2. The highest BCUT2D eigenvalue weighted by Crippen LogP contribution is 2.31. The van der Waals surface area contributed by atoms with Crippen molar-refractivity contribution in [3.05, 3.63) is 53.9 Å². The first kappa shape index (κ1) is 32.8. The molecule has 1 aromatic carbocycles. The quantitative estimate of drug-likeness (QED) is 0.0516. The van der Waals surface area contributed by atoms with E-state index in [1.165, 1.54) is 0 Å². The van der Waals surface area contributed by atoms with Crippen LogP contribution in [0.15, 0.2) is 45.3 Å². The highest BCUT2D eigenvalue weighted by molar-refractivity contribution is 8.00. The predicted molar refractivity (Wildman–Crippen MR) is 158 cm³/mol.